The van der Waals surface area contributed by atoms with Crippen LogP contribution in [0.15, 0.2) is 0 Å². The molecule has 4 bridgehead atoms. The van der Waals surface area contributed by atoms with Gasteiger partial charge in [-0.15, -0.1) is 0 Å². The number of piperidine rings is 2. The van der Waals surface area contributed by atoms with E-state index in [0.29, 0.717) is 18.9 Å². The van der Waals surface area contributed by atoms with Crippen LogP contribution in [0.1, 0.15) is 52.9 Å². The van der Waals surface area contributed by atoms with E-state index in [1.807, 2.05) is 6.92 Å². The molecule has 0 amide bonds. The molecule has 8 N–H and O–H groups in total. The molecule has 7 fully saturated rings. The van der Waals surface area contributed by atoms with Gasteiger partial charge in [0, 0.05) is 36.4 Å². The Kier molecular flexibility index (Phi) is 5.02. The fraction of sp³-hybridized carbons (Fsp3) is 1.00. The molecule has 4 saturated carbocycles. The maximum absolute atomic E-state index is 12.5. The highest BCUT2D eigenvalue weighted by atomic mass is 16.7. The summed E-state index contributed by atoms with van der Waals surface area (Å²) in [5, 5.41) is 92.8. The third-order valence-electron chi connectivity index (χ3n) is 12.9. The highest BCUT2D eigenvalue weighted by Gasteiger charge is 2.88. The number of nitrogens with zero attached hydrogens (tertiary/aromatic N) is 1. The zero-order chi connectivity index (χ0) is 26.7. The summed E-state index contributed by atoms with van der Waals surface area (Å²) in [5.74, 6) is -5.64. The first-order valence-electron chi connectivity index (χ1n) is 14.2. The van der Waals surface area contributed by atoms with Crippen molar-refractivity contribution in [2.75, 3.05) is 13.1 Å². The predicted molar refractivity (Wildman–Crippen MR) is 128 cm³/mol. The van der Waals surface area contributed by atoms with Crippen LogP contribution in [-0.2, 0) is 4.74 Å². The zero-order valence-corrected chi connectivity index (χ0v) is 21.8. The largest absolute Gasteiger partial charge is 0.390 e. The number of aliphatic hydroxyl groups is 8. The first kappa shape index (κ1) is 25.6. The molecule has 10 nitrogen and oxygen atoms in total. The molecule has 3 aliphatic heterocycles. The number of hydrogen-bond acceptors (Lipinski definition) is 10. The van der Waals surface area contributed by atoms with Gasteiger partial charge in [-0.05, 0) is 56.8 Å². The summed E-state index contributed by atoms with van der Waals surface area (Å²) < 4.78 is 6.42. The van der Waals surface area contributed by atoms with E-state index in [-0.39, 0.29) is 18.9 Å². The van der Waals surface area contributed by atoms with E-state index in [9.17, 15) is 40.9 Å². The Morgan fingerprint density at radius 3 is 2.22 bits per heavy atom. The van der Waals surface area contributed by atoms with Crippen molar-refractivity contribution in [1.29, 1.82) is 0 Å². The van der Waals surface area contributed by atoms with Crippen molar-refractivity contribution in [3.05, 3.63) is 0 Å². The van der Waals surface area contributed by atoms with Crippen LogP contribution in [0.2, 0.25) is 0 Å². The van der Waals surface area contributed by atoms with Crippen molar-refractivity contribution >= 4 is 0 Å². The van der Waals surface area contributed by atoms with Crippen molar-refractivity contribution in [2.45, 2.75) is 112 Å². The van der Waals surface area contributed by atoms with Crippen LogP contribution in [0, 0.1) is 40.9 Å². The molecular weight excluding hydrogens is 482 g/mol. The third-order valence-corrected chi connectivity index (χ3v) is 12.9. The quantitative estimate of drug-likeness (QED) is 0.179. The van der Waals surface area contributed by atoms with Crippen molar-refractivity contribution in [2.24, 2.45) is 40.9 Å². The highest BCUT2D eigenvalue weighted by Crippen LogP contribution is 2.76. The van der Waals surface area contributed by atoms with Gasteiger partial charge in [0.25, 0.3) is 0 Å². The standard InChI is InChI=1S/C27H43NO9/c1-11-4-5-14-24(3,34)16-12(10-28(14)9-11)13-8-25-21(26(13,35)22(33)17(16)30)19(32)18(31)20-23(25,2)7-6-15(29)27(20,36)37-25/h11-22,29-36H,4-10H2,1-3H3/t11-,12-,13-,14-,15-,16?,17+,18-,19+,20?,21?,22-,23-,24+,25+,26-,27+/m0/s1. The molecule has 7 rings (SSSR count). The first-order valence-corrected chi connectivity index (χ1v) is 14.2. The molecule has 0 radical (unpaired) electrons. The number of hydrogen-bond donors (Lipinski definition) is 8. The molecule has 10 heteroatoms. The fourth-order valence-corrected chi connectivity index (χ4v) is 11.4. The van der Waals surface area contributed by atoms with Crippen molar-refractivity contribution in [3.8, 4) is 0 Å². The van der Waals surface area contributed by atoms with Gasteiger partial charge in [0.15, 0.2) is 5.79 Å². The lowest BCUT2D eigenvalue weighted by Gasteiger charge is -2.63. The lowest BCUT2D eigenvalue weighted by atomic mass is 9.48. The van der Waals surface area contributed by atoms with Crippen LogP contribution in [0.3, 0.4) is 0 Å². The molecule has 0 aromatic heterocycles. The second-order valence-corrected chi connectivity index (χ2v) is 14.4. The number of aliphatic hydroxyl groups excluding tert-OH is 5. The van der Waals surface area contributed by atoms with Crippen LogP contribution in [0.5, 0.6) is 0 Å². The Morgan fingerprint density at radius 1 is 0.838 bits per heavy atom. The minimum atomic E-state index is -2.10. The fourth-order valence-electron chi connectivity index (χ4n) is 11.4. The Morgan fingerprint density at radius 2 is 1.51 bits per heavy atom. The van der Waals surface area contributed by atoms with E-state index >= 15 is 0 Å². The molecule has 3 saturated heterocycles. The van der Waals surface area contributed by atoms with Gasteiger partial charge in [0.2, 0.25) is 0 Å². The topological polar surface area (TPSA) is 174 Å². The van der Waals surface area contributed by atoms with E-state index in [1.165, 1.54) is 0 Å². The van der Waals surface area contributed by atoms with Crippen LogP contribution in [-0.4, -0.2) is 118 Å². The van der Waals surface area contributed by atoms with Gasteiger partial charge in [-0.25, -0.2) is 0 Å². The number of ether oxygens (including phenoxy) is 1. The summed E-state index contributed by atoms with van der Waals surface area (Å²) in [6, 6.07) is -0.174. The van der Waals surface area contributed by atoms with E-state index in [0.717, 1.165) is 19.4 Å². The molecule has 3 unspecified atom stereocenters. The van der Waals surface area contributed by atoms with E-state index in [1.54, 1.807) is 6.92 Å². The van der Waals surface area contributed by atoms with Gasteiger partial charge >= 0.3 is 0 Å². The van der Waals surface area contributed by atoms with Crippen LogP contribution in [0.25, 0.3) is 0 Å². The van der Waals surface area contributed by atoms with Crippen LogP contribution in [0.4, 0.5) is 0 Å². The molecule has 3 heterocycles. The van der Waals surface area contributed by atoms with Gasteiger partial charge in [0.1, 0.15) is 17.8 Å². The molecule has 7 aliphatic rings. The first-order chi connectivity index (χ1) is 17.2. The Bertz CT molecular complexity index is 997. The minimum Gasteiger partial charge on any atom is -0.390 e. The SMILES string of the molecule is C[C@H]1CC[C@@H]2N(C1)C[C@@H]1C([C@@H](O)[C@H](O)[C@@]3(O)C4[C@H](O)[C@H](O)C5[C@]6(O)O[C@@]4(C[C@@H]13)[C@@]5(C)CC[C@@H]6O)[C@]2(C)O. The monoisotopic (exact) mass is 525 g/mol. The lowest BCUT2D eigenvalue weighted by molar-refractivity contribution is -0.296. The third kappa shape index (κ3) is 2.59. The second-order valence-electron chi connectivity index (χ2n) is 14.4. The van der Waals surface area contributed by atoms with Gasteiger partial charge in [-0.2, -0.15) is 0 Å². The summed E-state index contributed by atoms with van der Waals surface area (Å²) >= 11 is 0. The molecule has 4 aliphatic carbocycles. The molecular formula is C27H43NO9. The average molecular weight is 526 g/mol. The summed E-state index contributed by atoms with van der Waals surface area (Å²) in [6.07, 6.45) is -4.91. The summed E-state index contributed by atoms with van der Waals surface area (Å²) in [7, 11) is 0. The van der Waals surface area contributed by atoms with Crippen LogP contribution < -0.4 is 0 Å². The molecule has 1 spiro atoms. The van der Waals surface area contributed by atoms with Crippen molar-refractivity contribution < 1.29 is 45.6 Å². The second kappa shape index (κ2) is 7.26. The van der Waals surface area contributed by atoms with E-state index in [4.69, 9.17) is 4.74 Å². The van der Waals surface area contributed by atoms with Gasteiger partial charge in [-0.1, -0.05) is 13.8 Å². The van der Waals surface area contributed by atoms with E-state index in [2.05, 4.69) is 11.8 Å². The smallest absolute Gasteiger partial charge is 0.198 e. The average Bonchev–Trinajstić information content (AvgIpc) is 3.13. The number of rotatable bonds is 0. The van der Waals surface area contributed by atoms with Crippen molar-refractivity contribution in [1.82, 2.24) is 4.90 Å². The Hall–Kier alpha value is -0.400. The van der Waals surface area contributed by atoms with Gasteiger partial charge in [0.05, 0.1) is 35.4 Å². The lowest BCUT2D eigenvalue weighted by Crippen LogP contribution is -2.77. The maximum atomic E-state index is 12.5. The normalized spacial score (nSPS) is 68.5. The predicted octanol–water partition coefficient (Wildman–Crippen LogP) is -1.84. The van der Waals surface area contributed by atoms with Crippen LogP contribution >= 0.6 is 0 Å². The summed E-state index contributed by atoms with van der Waals surface area (Å²) in [6.45, 7) is 7.08. The molecule has 37 heavy (non-hydrogen) atoms. The zero-order valence-electron chi connectivity index (χ0n) is 21.8. The molecule has 210 valence electrons. The maximum Gasteiger partial charge on any atom is 0.198 e. The van der Waals surface area contributed by atoms with Gasteiger partial charge < -0.3 is 45.6 Å². The molecule has 17 atom stereocenters. The summed E-state index contributed by atoms with van der Waals surface area (Å²) in [4.78, 5) is 2.25. The highest BCUT2D eigenvalue weighted by molar-refractivity contribution is 5.34. The van der Waals surface area contributed by atoms with Crippen molar-refractivity contribution in [3.63, 3.8) is 0 Å². The molecule has 0 aromatic carbocycles. The van der Waals surface area contributed by atoms with E-state index < -0.39 is 88.1 Å². The molecule has 0 aromatic rings. The Labute approximate surface area is 216 Å². The minimum absolute atomic E-state index is 0.174. The number of fused-ring (bicyclic) bond motifs is 5. The summed E-state index contributed by atoms with van der Waals surface area (Å²) in [5.41, 5.74) is -5.58. The van der Waals surface area contributed by atoms with Gasteiger partial charge in [-0.3, -0.25) is 4.90 Å². The Balaban J connectivity index is 1.39.